The van der Waals surface area contributed by atoms with Crippen molar-refractivity contribution in [2.45, 2.75) is 64.6 Å². The largest absolute Gasteiger partial charge is 0.310 e. The Hall–Kier alpha value is -0.860. The first-order valence-electron chi connectivity index (χ1n) is 8.34. The molecule has 112 valence electrons. The number of likely N-dealkylation sites (tertiary alicyclic amines) is 1. The molecule has 1 aliphatic rings. The van der Waals surface area contributed by atoms with E-state index in [0.29, 0.717) is 6.04 Å². The molecule has 0 saturated carbocycles. The van der Waals surface area contributed by atoms with Gasteiger partial charge in [-0.25, -0.2) is 0 Å². The molecule has 1 atom stereocenters. The SMILES string of the molecule is CCCC(CCC)NC1CCN(Cc2ccccc2)C1. The third-order valence-electron chi connectivity index (χ3n) is 4.27. The van der Waals surface area contributed by atoms with Crippen molar-refractivity contribution in [1.29, 1.82) is 0 Å². The van der Waals surface area contributed by atoms with E-state index in [1.54, 1.807) is 0 Å². The minimum absolute atomic E-state index is 0.696. The van der Waals surface area contributed by atoms with Crippen LogP contribution in [0.4, 0.5) is 0 Å². The summed E-state index contributed by atoms with van der Waals surface area (Å²) in [6, 6.07) is 12.3. The summed E-state index contributed by atoms with van der Waals surface area (Å²) in [7, 11) is 0. The van der Waals surface area contributed by atoms with Crippen LogP contribution in [0.25, 0.3) is 0 Å². The van der Waals surface area contributed by atoms with E-state index in [0.717, 1.165) is 12.6 Å². The smallest absolute Gasteiger partial charge is 0.0234 e. The molecule has 2 rings (SSSR count). The van der Waals surface area contributed by atoms with Crippen LogP contribution in [-0.2, 0) is 6.54 Å². The first-order chi connectivity index (χ1) is 9.81. The lowest BCUT2D eigenvalue weighted by atomic mass is 10.1. The van der Waals surface area contributed by atoms with Crippen LogP contribution >= 0.6 is 0 Å². The standard InChI is InChI=1S/C18H30N2/c1-3-8-17(9-4-2)19-18-12-13-20(15-18)14-16-10-6-5-7-11-16/h5-7,10-11,17-19H,3-4,8-9,12-15H2,1-2H3. The molecule has 20 heavy (non-hydrogen) atoms. The highest BCUT2D eigenvalue weighted by Gasteiger charge is 2.24. The fourth-order valence-corrected chi connectivity index (χ4v) is 3.30. The second-order valence-electron chi connectivity index (χ2n) is 6.15. The molecule has 2 heteroatoms. The zero-order chi connectivity index (χ0) is 14.2. The lowest BCUT2D eigenvalue weighted by Crippen LogP contribution is -2.40. The van der Waals surface area contributed by atoms with Crippen LogP contribution in [0.5, 0.6) is 0 Å². The molecule has 0 amide bonds. The predicted molar refractivity (Wildman–Crippen MR) is 86.9 cm³/mol. The molecule has 0 aliphatic carbocycles. The normalized spacial score (nSPS) is 19.9. The summed E-state index contributed by atoms with van der Waals surface area (Å²) in [6.07, 6.45) is 6.53. The molecule has 0 aromatic heterocycles. The Morgan fingerprint density at radius 3 is 2.50 bits per heavy atom. The van der Waals surface area contributed by atoms with Crippen LogP contribution < -0.4 is 5.32 Å². The van der Waals surface area contributed by atoms with Crippen LogP contribution in [0.1, 0.15) is 51.5 Å². The summed E-state index contributed by atoms with van der Waals surface area (Å²) in [6.45, 7) is 8.13. The van der Waals surface area contributed by atoms with Gasteiger partial charge < -0.3 is 5.32 Å². The molecule has 0 bridgehead atoms. The molecular formula is C18H30N2. The van der Waals surface area contributed by atoms with Gasteiger partial charge in [-0.1, -0.05) is 57.0 Å². The number of nitrogens with one attached hydrogen (secondary N) is 1. The minimum atomic E-state index is 0.696. The molecule has 1 N–H and O–H groups in total. The topological polar surface area (TPSA) is 15.3 Å². The Balaban J connectivity index is 1.76. The maximum atomic E-state index is 3.89. The van der Waals surface area contributed by atoms with Crippen molar-refractivity contribution in [2.75, 3.05) is 13.1 Å². The Kier molecular flexibility index (Phi) is 6.55. The van der Waals surface area contributed by atoms with E-state index in [2.05, 4.69) is 54.4 Å². The molecule has 1 unspecified atom stereocenters. The molecule has 0 radical (unpaired) electrons. The summed E-state index contributed by atoms with van der Waals surface area (Å²) in [5, 5.41) is 3.89. The van der Waals surface area contributed by atoms with Crippen molar-refractivity contribution in [3.05, 3.63) is 35.9 Å². The fraction of sp³-hybridized carbons (Fsp3) is 0.667. The highest BCUT2D eigenvalue weighted by molar-refractivity contribution is 5.14. The molecule has 1 aliphatic heterocycles. The lowest BCUT2D eigenvalue weighted by molar-refractivity contribution is 0.309. The number of rotatable bonds is 8. The first kappa shape index (κ1) is 15.5. The van der Waals surface area contributed by atoms with E-state index in [4.69, 9.17) is 0 Å². The first-order valence-corrected chi connectivity index (χ1v) is 8.34. The van der Waals surface area contributed by atoms with E-state index in [1.807, 2.05) is 0 Å². The van der Waals surface area contributed by atoms with Crippen molar-refractivity contribution in [3.8, 4) is 0 Å². The summed E-state index contributed by atoms with van der Waals surface area (Å²) in [4.78, 5) is 2.59. The third kappa shape index (κ3) is 4.92. The van der Waals surface area contributed by atoms with Crippen LogP contribution in [0.15, 0.2) is 30.3 Å². The highest BCUT2D eigenvalue weighted by atomic mass is 15.2. The Bertz CT molecular complexity index is 357. The molecule has 0 spiro atoms. The van der Waals surface area contributed by atoms with Gasteiger partial charge in [-0.2, -0.15) is 0 Å². The summed E-state index contributed by atoms with van der Waals surface area (Å²) in [5.74, 6) is 0. The number of benzene rings is 1. The monoisotopic (exact) mass is 274 g/mol. The summed E-state index contributed by atoms with van der Waals surface area (Å²) >= 11 is 0. The van der Waals surface area contributed by atoms with Gasteiger partial charge in [0, 0.05) is 31.7 Å². The summed E-state index contributed by atoms with van der Waals surface area (Å²) < 4.78 is 0. The van der Waals surface area contributed by atoms with E-state index in [-0.39, 0.29) is 0 Å². The van der Waals surface area contributed by atoms with Crippen LogP contribution in [0, 0.1) is 0 Å². The quantitative estimate of drug-likeness (QED) is 0.775. The van der Waals surface area contributed by atoms with E-state index in [9.17, 15) is 0 Å². The van der Waals surface area contributed by atoms with Crippen LogP contribution in [0.2, 0.25) is 0 Å². The molecule has 1 saturated heterocycles. The van der Waals surface area contributed by atoms with E-state index in [1.165, 1.54) is 50.8 Å². The van der Waals surface area contributed by atoms with Crippen molar-refractivity contribution < 1.29 is 0 Å². The van der Waals surface area contributed by atoms with E-state index >= 15 is 0 Å². The average Bonchev–Trinajstić information content (AvgIpc) is 2.88. The van der Waals surface area contributed by atoms with Gasteiger partial charge in [0.05, 0.1) is 0 Å². The Morgan fingerprint density at radius 2 is 1.85 bits per heavy atom. The molecule has 1 fully saturated rings. The second-order valence-corrected chi connectivity index (χ2v) is 6.15. The third-order valence-corrected chi connectivity index (χ3v) is 4.27. The van der Waals surface area contributed by atoms with Crippen LogP contribution in [-0.4, -0.2) is 30.1 Å². The van der Waals surface area contributed by atoms with Gasteiger partial charge in [0.2, 0.25) is 0 Å². The van der Waals surface area contributed by atoms with Crippen LogP contribution in [0.3, 0.4) is 0 Å². The summed E-state index contributed by atoms with van der Waals surface area (Å²) in [5.41, 5.74) is 1.44. The van der Waals surface area contributed by atoms with Gasteiger partial charge in [-0.05, 0) is 24.8 Å². The van der Waals surface area contributed by atoms with Crippen molar-refractivity contribution >= 4 is 0 Å². The van der Waals surface area contributed by atoms with Gasteiger partial charge in [0.1, 0.15) is 0 Å². The maximum absolute atomic E-state index is 3.89. The zero-order valence-corrected chi connectivity index (χ0v) is 13.1. The minimum Gasteiger partial charge on any atom is -0.310 e. The van der Waals surface area contributed by atoms with Crippen molar-refractivity contribution in [3.63, 3.8) is 0 Å². The second kappa shape index (κ2) is 8.43. The number of hydrogen-bond acceptors (Lipinski definition) is 2. The van der Waals surface area contributed by atoms with Crippen molar-refractivity contribution in [1.82, 2.24) is 10.2 Å². The van der Waals surface area contributed by atoms with Crippen molar-refractivity contribution in [2.24, 2.45) is 0 Å². The lowest BCUT2D eigenvalue weighted by Gasteiger charge is -2.23. The Morgan fingerprint density at radius 1 is 1.15 bits per heavy atom. The molecule has 2 nitrogen and oxygen atoms in total. The molecule has 1 aromatic carbocycles. The molecule has 1 aromatic rings. The van der Waals surface area contributed by atoms with Gasteiger partial charge in [-0.3, -0.25) is 4.90 Å². The van der Waals surface area contributed by atoms with Gasteiger partial charge in [0.15, 0.2) is 0 Å². The van der Waals surface area contributed by atoms with Gasteiger partial charge in [0.25, 0.3) is 0 Å². The maximum Gasteiger partial charge on any atom is 0.0234 e. The molecule has 1 heterocycles. The fourth-order valence-electron chi connectivity index (χ4n) is 3.30. The highest BCUT2D eigenvalue weighted by Crippen LogP contribution is 2.15. The van der Waals surface area contributed by atoms with Gasteiger partial charge in [-0.15, -0.1) is 0 Å². The van der Waals surface area contributed by atoms with E-state index < -0.39 is 0 Å². The average molecular weight is 274 g/mol. The molecular weight excluding hydrogens is 244 g/mol. The Labute approximate surface area is 124 Å². The predicted octanol–water partition coefficient (Wildman–Crippen LogP) is 3.82. The zero-order valence-electron chi connectivity index (χ0n) is 13.1. The van der Waals surface area contributed by atoms with Gasteiger partial charge >= 0.3 is 0 Å². The number of nitrogens with zero attached hydrogens (tertiary/aromatic N) is 1. The number of hydrogen-bond donors (Lipinski definition) is 1.